The van der Waals surface area contributed by atoms with Crippen molar-refractivity contribution >= 4 is 5.82 Å². The molecule has 1 aliphatic rings. The molecule has 1 aromatic rings. The Balaban J connectivity index is 1.92. The second-order valence-electron chi connectivity index (χ2n) is 5.94. The molecule has 0 aromatic carbocycles. The third kappa shape index (κ3) is 4.46. The second kappa shape index (κ2) is 7.60. The van der Waals surface area contributed by atoms with E-state index in [1.54, 1.807) is 0 Å². The van der Waals surface area contributed by atoms with Gasteiger partial charge in [-0.2, -0.15) is 0 Å². The van der Waals surface area contributed by atoms with Crippen molar-refractivity contribution in [2.75, 3.05) is 39.0 Å². The largest absolute Gasteiger partial charge is 0.370 e. The van der Waals surface area contributed by atoms with Crippen LogP contribution in [0.2, 0.25) is 0 Å². The fourth-order valence-corrected chi connectivity index (χ4v) is 2.74. The summed E-state index contributed by atoms with van der Waals surface area (Å²) in [4.78, 5) is 9.58. The van der Waals surface area contributed by atoms with E-state index in [1.165, 1.54) is 25.1 Å². The minimum atomic E-state index is 0.685. The molecular weight excluding hydrogens is 248 g/mol. The van der Waals surface area contributed by atoms with Crippen LogP contribution in [0.15, 0.2) is 18.2 Å². The summed E-state index contributed by atoms with van der Waals surface area (Å²) in [5.74, 6) is 1.01. The number of likely N-dealkylation sites (tertiary alicyclic amines) is 1. The molecule has 0 aliphatic carbocycles. The van der Waals surface area contributed by atoms with Gasteiger partial charge in [0.15, 0.2) is 0 Å². The molecule has 0 bridgehead atoms. The molecule has 1 fully saturated rings. The van der Waals surface area contributed by atoms with Crippen molar-refractivity contribution < 1.29 is 0 Å². The fourth-order valence-electron chi connectivity index (χ4n) is 2.74. The molecule has 1 atom stereocenters. The molecular formula is C16H28N4. The summed E-state index contributed by atoms with van der Waals surface area (Å²) in [6, 6.07) is 6.98. The molecule has 0 radical (unpaired) electrons. The highest BCUT2D eigenvalue weighted by Gasteiger charge is 2.21. The molecule has 112 valence electrons. The summed E-state index contributed by atoms with van der Waals surface area (Å²) in [5.41, 5.74) is 1.17. The number of anilines is 1. The molecule has 0 amide bonds. The molecule has 1 aromatic heterocycles. The number of hydrogen-bond donors (Lipinski definition) is 1. The number of nitrogens with one attached hydrogen (secondary N) is 1. The maximum Gasteiger partial charge on any atom is 0.126 e. The number of hydrogen-bond acceptors (Lipinski definition) is 4. The monoisotopic (exact) mass is 276 g/mol. The summed E-state index contributed by atoms with van der Waals surface area (Å²) >= 11 is 0. The Bertz CT molecular complexity index is 405. The lowest BCUT2D eigenvalue weighted by Gasteiger charge is -2.35. The summed E-state index contributed by atoms with van der Waals surface area (Å²) in [6.45, 7) is 6.47. The van der Waals surface area contributed by atoms with Crippen LogP contribution in [0, 0.1) is 0 Å². The quantitative estimate of drug-likeness (QED) is 0.864. The molecule has 0 spiro atoms. The SMILES string of the molecule is CCCNc1cccc(CN2CCCC(N(C)C)C2)n1. The van der Waals surface area contributed by atoms with Crippen LogP contribution in [0.1, 0.15) is 31.9 Å². The van der Waals surface area contributed by atoms with Gasteiger partial charge in [-0.25, -0.2) is 4.98 Å². The van der Waals surface area contributed by atoms with E-state index in [0.29, 0.717) is 6.04 Å². The topological polar surface area (TPSA) is 31.4 Å². The molecule has 1 aliphatic heterocycles. The lowest BCUT2D eigenvalue weighted by Crippen LogP contribution is -2.44. The van der Waals surface area contributed by atoms with E-state index >= 15 is 0 Å². The summed E-state index contributed by atoms with van der Waals surface area (Å²) < 4.78 is 0. The zero-order valence-electron chi connectivity index (χ0n) is 13.1. The first-order valence-corrected chi connectivity index (χ1v) is 7.77. The molecule has 0 saturated carbocycles. The third-order valence-corrected chi connectivity index (χ3v) is 3.96. The van der Waals surface area contributed by atoms with Crippen molar-refractivity contribution in [3.05, 3.63) is 23.9 Å². The van der Waals surface area contributed by atoms with Crippen molar-refractivity contribution in [2.24, 2.45) is 0 Å². The molecule has 2 rings (SSSR count). The van der Waals surface area contributed by atoms with Gasteiger partial charge >= 0.3 is 0 Å². The highest BCUT2D eigenvalue weighted by Crippen LogP contribution is 2.16. The van der Waals surface area contributed by atoms with Crippen molar-refractivity contribution in [3.63, 3.8) is 0 Å². The maximum atomic E-state index is 4.71. The number of piperidine rings is 1. The van der Waals surface area contributed by atoms with E-state index in [9.17, 15) is 0 Å². The first-order chi connectivity index (χ1) is 9.69. The van der Waals surface area contributed by atoms with E-state index in [-0.39, 0.29) is 0 Å². The summed E-state index contributed by atoms with van der Waals surface area (Å²) in [5, 5.41) is 3.36. The molecule has 2 heterocycles. The van der Waals surface area contributed by atoms with Crippen LogP contribution in [0.4, 0.5) is 5.82 Å². The number of pyridine rings is 1. The highest BCUT2D eigenvalue weighted by atomic mass is 15.2. The number of rotatable bonds is 6. The Kier molecular flexibility index (Phi) is 5.80. The van der Waals surface area contributed by atoms with Crippen LogP contribution >= 0.6 is 0 Å². The van der Waals surface area contributed by atoms with Crippen LogP contribution < -0.4 is 5.32 Å². The van der Waals surface area contributed by atoms with Crippen LogP contribution in [0.25, 0.3) is 0 Å². The van der Waals surface area contributed by atoms with Crippen molar-refractivity contribution in [3.8, 4) is 0 Å². The van der Waals surface area contributed by atoms with E-state index in [2.05, 4.69) is 54.3 Å². The second-order valence-corrected chi connectivity index (χ2v) is 5.94. The van der Waals surface area contributed by atoms with Crippen LogP contribution in [-0.4, -0.2) is 54.6 Å². The molecule has 4 heteroatoms. The van der Waals surface area contributed by atoms with Gasteiger partial charge in [-0.05, 0) is 52.0 Å². The number of aromatic nitrogens is 1. The Morgan fingerprint density at radius 2 is 2.25 bits per heavy atom. The maximum absolute atomic E-state index is 4.71. The van der Waals surface area contributed by atoms with Gasteiger partial charge in [0, 0.05) is 25.7 Å². The van der Waals surface area contributed by atoms with Gasteiger partial charge in [0.05, 0.1) is 5.69 Å². The predicted octanol–water partition coefficient (Wildman–Crippen LogP) is 2.43. The average Bonchev–Trinajstić information content (AvgIpc) is 2.46. The van der Waals surface area contributed by atoms with Gasteiger partial charge in [0.2, 0.25) is 0 Å². The Morgan fingerprint density at radius 1 is 1.40 bits per heavy atom. The average molecular weight is 276 g/mol. The highest BCUT2D eigenvalue weighted by molar-refractivity contribution is 5.35. The van der Waals surface area contributed by atoms with Gasteiger partial charge in [0.25, 0.3) is 0 Å². The van der Waals surface area contributed by atoms with Crippen LogP contribution in [0.5, 0.6) is 0 Å². The third-order valence-electron chi connectivity index (χ3n) is 3.96. The lowest BCUT2D eigenvalue weighted by molar-refractivity contribution is 0.127. The van der Waals surface area contributed by atoms with Gasteiger partial charge in [-0.1, -0.05) is 13.0 Å². The molecule has 1 unspecified atom stereocenters. The van der Waals surface area contributed by atoms with Crippen LogP contribution in [0.3, 0.4) is 0 Å². The molecule has 1 N–H and O–H groups in total. The summed E-state index contributed by atoms with van der Waals surface area (Å²) in [6.07, 6.45) is 3.73. The van der Waals surface area contributed by atoms with Crippen molar-refractivity contribution in [1.29, 1.82) is 0 Å². The summed E-state index contributed by atoms with van der Waals surface area (Å²) in [7, 11) is 4.36. The van der Waals surface area contributed by atoms with Crippen LogP contribution in [-0.2, 0) is 6.54 Å². The zero-order valence-corrected chi connectivity index (χ0v) is 13.1. The van der Waals surface area contributed by atoms with E-state index < -0.39 is 0 Å². The van der Waals surface area contributed by atoms with Gasteiger partial charge in [0.1, 0.15) is 5.82 Å². The smallest absolute Gasteiger partial charge is 0.126 e. The first-order valence-electron chi connectivity index (χ1n) is 7.77. The van der Waals surface area contributed by atoms with Gasteiger partial charge in [-0.3, -0.25) is 4.90 Å². The van der Waals surface area contributed by atoms with Gasteiger partial charge in [-0.15, -0.1) is 0 Å². The van der Waals surface area contributed by atoms with E-state index in [0.717, 1.165) is 31.9 Å². The Hall–Kier alpha value is -1.13. The van der Waals surface area contributed by atoms with Crippen molar-refractivity contribution in [1.82, 2.24) is 14.8 Å². The Labute approximate surface area is 123 Å². The minimum Gasteiger partial charge on any atom is -0.370 e. The zero-order chi connectivity index (χ0) is 14.4. The standard InChI is InChI=1S/C16H28N4/c1-4-10-17-16-9-5-7-14(18-16)12-20-11-6-8-15(13-20)19(2)3/h5,7,9,15H,4,6,8,10-13H2,1-3H3,(H,17,18). The molecule has 20 heavy (non-hydrogen) atoms. The van der Waals surface area contributed by atoms with Gasteiger partial charge < -0.3 is 10.2 Å². The predicted molar refractivity (Wildman–Crippen MR) is 85.0 cm³/mol. The number of likely N-dealkylation sites (N-methyl/N-ethyl adjacent to an activating group) is 1. The molecule has 1 saturated heterocycles. The van der Waals surface area contributed by atoms with E-state index in [4.69, 9.17) is 4.98 Å². The Morgan fingerprint density at radius 3 is 3.00 bits per heavy atom. The number of nitrogens with zero attached hydrogens (tertiary/aromatic N) is 3. The van der Waals surface area contributed by atoms with Crippen molar-refractivity contribution in [2.45, 2.75) is 38.8 Å². The normalized spacial score (nSPS) is 20.3. The lowest BCUT2D eigenvalue weighted by atomic mass is 10.0. The minimum absolute atomic E-state index is 0.685. The van der Waals surface area contributed by atoms with E-state index in [1.807, 2.05) is 0 Å². The fraction of sp³-hybridized carbons (Fsp3) is 0.688. The first kappa shape index (κ1) is 15.3. The molecule has 4 nitrogen and oxygen atoms in total.